The number of methoxy groups -OCH3 is 1. The third-order valence-corrected chi connectivity index (χ3v) is 8.55. The average Bonchev–Trinajstić information content (AvgIpc) is 3.44. The van der Waals surface area contributed by atoms with Crippen molar-refractivity contribution in [2.24, 2.45) is 5.92 Å². The van der Waals surface area contributed by atoms with E-state index in [2.05, 4.69) is 79.3 Å². The Kier molecular flexibility index (Phi) is 6.70. The lowest BCUT2D eigenvalue weighted by Gasteiger charge is -2.38. The van der Waals surface area contributed by atoms with Gasteiger partial charge in [-0.25, -0.2) is 9.50 Å². The van der Waals surface area contributed by atoms with Crippen LogP contribution in [-0.2, 0) is 16.0 Å². The molecule has 0 bridgehead atoms. The normalized spacial score (nSPS) is 20.6. The summed E-state index contributed by atoms with van der Waals surface area (Å²) in [5.74, 6) is 3.04. The fourth-order valence-corrected chi connectivity index (χ4v) is 6.49. The highest BCUT2D eigenvalue weighted by molar-refractivity contribution is 7.16. The highest BCUT2D eigenvalue weighted by Gasteiger charge is 2.29. The fraction of sp³-hybridized carbons (Fsp3) is 0.500. The van der Waals surface area contributed by atoms with Gasteiger partial charge in [-0.05, 0) is 63.0 Å². The number of nitrogen functional groups attached to an aromatic ring is 1. The van der Waals surface area contributed by atoms with Gasteiger partial charge in [-0.15, -0.1) is 11.3 Å². The van der Waals surface area contributed by atoms with E-state index in [-0.39, 0.29) is 5.60 Å². The van der Waals surface area contributed by atoms with E-state index in [1.54, 1.807) is 18.4 Å². The molecule has 198 valence electrons. The second kappa shape index (κ2) is 9.68. The molecule has 2 aliphatic rings. The van der Waals surface area contributed by atoms with Crippen LogP contribution in [0.4, 0.5) is 5.82 Å². The van der Waals surface area contributed by atoms with Crippen LogP contribution >= 0.6 is 11.3 Å². The molecule has 2 atom stereocenters. The van der Waals surface area contributed by atoms with Crippen molar-refractivity contribution in [3.63, 3.8) is 0 Å². The third kappa shape index (κ3) is 4.94. The van der Waals surface area contributed by atoms with E-state index >= 15 is 0 Å². The molecule has 37 heavy (non-hydrogen) atoms. The Hall–Kier alpha value is -3.04. The van der Waals surface area contributed by atoms with E-state index in [0.717, 1.165) is 61.1 Å². The minimum absolute atomic E-state index is 0.244. The lowest BCUT2D eigenvalue weighted by Crippen LogP contribution is -2.46. The lowest BCUT2D eigenvalue weighted by atomic mass is 9.84. The second-order valence-electron chi connectivity index (χ2n) is 11.1. The Morgan fingerprint density at radius 3 is 2.59 bits per heavy atom. The van der Waals surface area contributed by atoms with Crippen molar-refractivity contribution >= 4 is 28.4 Å². The van der Waals surface area contributed by atoms with Crippen LogP contribution in [0.25, 0.3) is 21.7 Å². The number of rotatable bonds is 6. The largest absolute Gasteiger partial charge is 0.496 e. The van der Waals surface area contributed by atoms with Gasteiger partial charge in [-0.1, -0.05) is 13.8 Å². The van der Waals surface area contributed by atoms with Crippen molar-refractivity contribution < 1.29 is 9.47 Å². The van der Waals surface area contributed by atoms with E-state index in [1.807, 2.05) is 4.52 Å². The number of allylic oxidation sites excluding steroid dienone is 1. The molecule has 3 aromatic rings. The predicted molar refractivity (Wildman–Crippen MR) is 150 cm³/mol. The molecule has 1 saturated heterocycles. The molecule has 1 aliphatic carbocycles. The van der Waals surface area contributed by atoms with Crippen LogP contribution in [-0.4, -0.2) is 63.3 Å². The first kappa shape index (κ1) is 25.6. The summed E-state index contributed by atoms with van der Waals surface area (Å²) >= 11 is 1.76. The van der Waals surface area contributed by atoms with Gasteiger partial charge in [-0.3, -0.25) is 4.90 Å². The third-order valence-electron chi connectivity index (χ3n) is 7.35. The molecule has 0 radical (unpaired) electrons. The van der Waals surface area contributed by atoms with Gasteiger partial charge in [0.05, 0.1) is 17.7 Å². The Morgan fingerprint density at radius 2 is 1.92 bits per heavy atom. The highest BCUT2D eigenvalue weighted by Crippen LogP contribution is 2.46. The van der Waals surface area contributed by atoms with Gasteiger partial charge in [0.15, 0.2) is 11.7 Å². The van der Waals surface area contributed by atoms with Crippen LogP contribution in [0.5, 0.6) is 0 Å². The Labute approximate surface area is 223 Å². The predicted octanol–water partition coefficient (Wildman–Crippen LogP) is 5.18. The van der Waals surface area contributed by atoms with Gasteiger partial charge < -0.3 is 20.1 Å². The van der Waals surface area contributed by atoms with Gasteiger partial charge in [0.25, 0.3) is 0 Å². The average molecular weight is 523 g/mol. The molecule has 8 nitrogen and oxygen atoms in total. The first-order valence-electron chi connectivity index (χ1n) is 12.9. The lowest BCUT2D eigenvalue weighted by molar-refractivity contribution is -0.0105. The number of aromatic nitrogens is 3. The standard InChI is InChI=1S/C28H38N6O2S/c1-17-12-23(35-7)26-21(18(17)2)14-24(37-26)22-13-20(34-25(22)27(29)30-16-31-34)15-32-8-10-33(11-9-32)19(3)36-28(4,5)6/h12-14,16-18H,3,8-11,15H2,1-2,4-7H3,(H2,29,30,31). The number of hydrogen-bond donors (Lipinski definition) is 1. The zero-order valence-corrected chi connectivity index (χ0v) is 23.6. The monoisotopic (exact) mass is 522 g/mol. The Balaban J connectivity index is 1.41. The maximum absolute atomic E-state index is 6.42. The smallest absolute Gasteiger partial charge is 0.182 e. The topological polar surface area (TPSA) is 81.2 Å². The van der Waals surface area contributed by atoms with Crippen LogP contribution in [0.1, 0.15) is 56.7 Å². The molecule has 0 aromatic carbocycles. The molecule has 0 amide bonds. The summed E-state index contributed by atoms with van der Waals surface area (Å²) in [5.41, 5.74) is 10.6. The SMILES string of the molecule is C=C(OC(C)(C)C)N1CCN(Cc2cc(-c3cc4c(s3)C(OC)=CC(C)C4C)c3c(N)ncnn23)CC1. The van der Waals surface area contributed by atoms with Gasteiger partial charge >= 0.3 is 0 Å². The number of anilines is 1. The van der Waals surface area contributed by atoms with Gasteiger partial charge in [0, 0.05) is 43.2 Å². The molecule has 5 rings (SSSR count). The summed E-state index contributed by atoms with van der Waals surface area (Å²) in [6, 6.07) is 4.54. The fourth-order valence-electron chi connectivity index (χ4n) is 5.21. The maximum Gasteiger partial charge on any atom is 0.182 e. The molecule has 1 aliphatic heterocycles. The summed E-state index contributed by atoms with van der Waals surface area (Å²) < 4.78 is 13.7. The first-order chi connectivity index (χ1) is 17.6. The van der Waals surface area contributed by atoms with Crippen molar-refractivity contribution in [2.75, 3.05) is 39.0 Å². The van der Waals surface area contributed by atoms with Crippen LogP contribution in [0.15, 0.2) is 37.0 Å². The first-order valence-corrected chi connectivity index (χ1v) is 13.7. The Bertz CT molecular complexity index is 1340. The Morgan fingerprint density at radius 1 is 1.19 bits per heavy atom. The van der Waals surface area contributed by atoms with E-state index in [9.17, 15) is 0 Å². The molecule has 2 N–H and O–H groups in total. The molecule has 9 heteroatoms. The van der Waals surface area contributed by atoms with Crippen molar-refractivity contribution in [2.45, 2.75) is 52.7 Å². The number of thiophene rings is 1. The summed E-state index contributed by atoms with van der Waals surface area (Å²) in [5, 5.41) is 4.60. The molecule has 0 spiro atoms. The van der Waals surface area contributed by atoms with E-state index in [1.165, 1.54) is 21.6 Å². The van der Waals surface area contributed by atoms with E-state index < -0.39 is 0 Å². The van der Waals surface area contributed by atoms with Gasteiger partial charge in [0.1, 0.15) is 23.2 Å². The molecule has 2 unspecified atom stereocenters. The van der Waals surface area contributed by atoms with E-state index in [4.69, 9.17) is 15.2 Å². The zero-order chi connectivity index (χ0) is 26.5. The maximum atomic E-state index is 6.42. The number of hydrogen-bond acceptors (Lipinski definition) is 8. The molecule has 3 aromatic heterocycles. The van der Waals surface area contributed by atoms with Crippen LogP contribution in [0.2, 0.25) is 0 Å². The van der Waals surface area contributed by atoms with E-state index in [0.29, 0.717) is 17.7 Å². The zero-order valence-electron chi connectivity index (χ0n) is 22.7. The van der Waals surface area contributed by atoms with Crippen LogP contribution in [0, 0.1) is 5.92 Å². The highest BCUT2D eigenvalue weighted by atomic mass is 32.1. The summed E-state index contributed by atoms with van der Waals surface area (Å²) in [4.78, 5) is 11.4. The quantitative estimate of drug-likeness (QED) is 0.447. The molecular formula is C28H38N6O2S. The molecular weight excluding hydrogens is 484 g/mol. The van der Waals surface area contributed by atoms with Crippen molar-refractivity contribution in [3.8, 4) is 10.4 Å². The van der Waals surface area contributed by atoms with Crippen molar-refractivity contribution in [3.05, 3.63) is 53.1 Å². The number of piperazine rings is 1. The molecule has 0 saturated carbocycles. The van der Waals surface area contributed by atoms with Gasteiger partial charge in [0.2, 0.25) is 0 Å². The van der Waals surface area contributed by atoms with Gasteiger partial charge in [-0.2, -0.15) is 5.10 Å². The number of ether oxygens (including phenoxy) is 2. The summed E-state index contributed by atoms with van der Waals surface area (Å²) in [6.45, 7) is 19.2. The molecule has 4 heterocycles. The minimum Gasteiger partial charge on any atom is -0.496 e. The second-order valence-corrected chi connectivity index (χ2v) is 12.2. The number of fused-ring (bicyclic) bond motifs is 2. The van der Waals surface area contributed by atoms with Crippen LogP contribution < -0.4 is 5.73 Å². The minimum atomic E-state index is -0.244. The van der Waals surface area contributed by atoms with Crippen LogP contribution in [0.3, 0.4) is 0 Å². The summed E-state index contributed by atoms with van der Waals surface area (Å²) in [7, 11) is 1.75. The number of nitrogens with zero attached hydrogens (tertiary/aromatic N) is 5. The molecule has 1 fully saturated rings. The van der Waals surface area contributed by atoms with Crippen molar-refractivity contribution in [1.82, 2.24) is 24.4 Å². The summed E-state index contributed by atoms with van der Waals surface area (Å²) in [6.07, 6.45) is 3.77. The van der Waals surface area contributed by atoms with Crippen molar-refractivity contribution in [1.29, 1.82) is 0 Å². The number of nitrogens with two attached hydrogens (primary N) is 1.